The molecule has 1 N–H and O–H groups in total. The van der Waals surface area contributed by atoms with E-state index in [1.54, 1.807) is 17.8 Å². The third-order valence-corrected chi connectivity index (χ3v) is 6.01. The molecule has 1 aliphatic heterocycles. The van der Waals surface area contributed by atoms with Crippen molar-refractivity contribution in [3.05, 3.63) is 99.9 Å². The summed E-state index contributed by atoms with van der Waals surface area (Å²) in [5.74, 6) is 1.66. The van der Waals surface area contributed by atoms with Crippen LogP contribution in [-0.2, 0) is 19.5 Å². The van der Waals surface area contributed by atoms with Crippen LogP contribution in [-0.4, -0.2) is 34.8 Å². The minimum absolute atomic E-state index is 0.110. The fraction of sp³-hybridized carbons (Fsp3) is 0.208. The Bertz CT molecular complexity index is 1500. The van der Waals surface area contributed by atoms with Crippen molar-refractivity contribution in [2.75, 3.05) is 0 Å². The number of aromatic amines is 1. The van der Waals surface area contributed by atoms with Crippen LogP contribution in [0.15, 0.2) is 70.0 Å². The first-order valence-electron chi connectivity index (χ1n) is 10.8. The molecule has 0 spiro atoms. The zero-order valence-electron chi connectivity index (χ0n) is 18.0. The van der Waals surface area contributed by atoms with Crippen molar-refractivity contribution >= 4 is 11.0 Å². The van der Waals surface area contributed by atoms with E-state index in [2.05, 4.69) is 37.3 Å². The summed E-state index contributed by atoms with van der Waals surface area (Å²) in [4.78, 5) is 22.8. The van der Waals surface area contributed by atoms with Gasteiger partial charge in [-0.2, -0.15) is 5.10 Å². The van der Waals surface area contributed by atoms with Crippen LogP contribution in [0.2, 0.25) is 0 Å². The zero-order valence-corrected chi connectivity index (χ0v) is 18.0. The number of hydrogen-bond acceptors (Lipinski definition) is 7. The second kappa shape index (κ2) is 7.79. The highest BCUT2D eigenvalue weighted by Crippen LogP contribution is 2.33. The topological polar surface area (TPSA) is 106 Å². The van der Waals surface area contributed by atoms with Crippen molar-refractivity contribution in [2.24, 2.45) is 0 Å². The molecule has 0 radical (unpaired) electrons. The zero-order chi connectivity index (χ0) is 22.4. The fourth-order valence-electron chi connectivity index (χ4n) is 4.42. The minimum Gasteiger partial charge on any atom is -0.424 e. The molecule has 0 saturated heterocycles. The van der Waals surface area contributed by atoms with Crippen LogP contribution in [0, 0.1) is 6.92 Å². The standard InChI is InChI=1S/C24H21N7O2/c1-15-28-29-24(33-15)20-11-16-7-5-6-8-17(16)13-30(20)14-21-26-22-19(23(32)27-21)12-25-31(22)18-9-3-2-4-10-18/h2-10,12,20H,11,13-14H2,1H3,(H,26,27,32). The van der Waals surface area contributed by atoms with Crippen molar-refractivity contribution in [1.82, 2.24) is 34.8 Å². The smallest absolute Gasteiger partial charge is 0.262 e. The van der Waals surface area contributed by atoms with Gasteiger partial charge in [0.15, 0.2) is 5.65 Å². The van der Waals surface area contributed by atoms with Crippen molar-refractivity contribution in [1.29, 1.82) is 0 Å². The summed E-state index contributed by atoms with van der Waals surface area (Å²) in [5.41, 5.74) is 3.67. The summed E-state index contributed by atoms with van der Waals surface area (Å²) in [7, 11) is 0. The molecule has 2 aromatic carbocycles. The van der Waals surface area contributed by atoms with Gasteiger partial charge < -0.3 is 9.40 Å². The second-order valence-electron chi connectivity index (χ2n) is 8.19. The number of benzene rings is 2. The highest BCUT2D eigenvalue weighted by atomic mass is 16.4. The molecule has 33 heavy (non-hydrogen) atoms. The van der Waals surface area contributed by atoms with E-state index >= 15 is 0 Å². The average molecular weight is 439 g/mol. The Morgan fingerprint density at radius 2 is 1.85 bits per heavy atom. The van der Waals surface area contributed by atoms with Crippen LogP contribution >= 0.6 is 0 Å². The quantitative estimate of drug-likeness (QED) is 0.459. The molecule has 6 rings (SSSR count). The maximum Gasteiger partial charge on any atom is 0.262 e. The Labute approximate surface area is 188 Å². The Morgan fingerprint density at radius 1 is 1.06 bits per heavy atom. The van der Waals surface area contributed by atoms with Gasteiger partial charge in [-0.05, 0) is 29.7 Å². The molecular formula is C24H21N7O2. The van der Waals surface area contributed by atoms with Crippen molar-refractivity contribution in [3.63, 3.8) is 0 Å². The maximum absolute atomic E-state index is 12.8. The molecule has 9 nitrogen and oxygen atoms in total. The van der Waals surface area contributed by atoms with E-state index < -0.39 is 0 Å². The Balaban J connectivity index is 1.40. The lowest BCUT2D eigenvalue weighted by atomic mass is 9.94. The number of aromatic nitrogens is 6. The Morgan fingerprint density at radius 3 is 2.64 bits per heavy atom. The summed E-state index contributed by atoms with van der Waals surface area (Å²) in [6, 6.07) is 17.9. The second-order valence-corrected chi connectivity index (χ2v) is 8.19. The van der Waals surface area contributed by atoms with E-state index in [0.717, 1.165) is 12.1 Å². The van der Waals surface area contributed by atoms with Crippen LogP contribution in [0.4, 0.5) is 0 Å². The van der Waals surface area contributed by atoms with Gasteiger partial charge in [-0.3, -0.25) is 9.69 Å². The van der Waals surface area contributed by atoms with Crippen LogP contribution < -0.4 is 5.56 Å². The van der Waals surface area contributed by atoms with Gasteiger partial charge in [0, 0.05) is 13.5 Å². The van der Waals surface area contributed by atoms with Crippen LogP contribution in [0.3, 0.4) is 0 Å². The predicted octanol–water partition coefficient (Wildman–Crippen LogP) is 3.10. The van der Waals surface area contributed by atoms with E-state index in [-0.39, 0.29) is 11.6 Å². The number of rotatable bonds is 4. The summed E-state index contributed by atoms with van der Waals surface area (Å²) in [6.07, 6.45) is 2.30. The average Bonchev–Trinajstić information content (AvgIpc) is 3.46. The number of fused-ring (bicyclic) bond motifs is 2. The number of nitrogens with zero attached hydrogens (tertiary/aromatic N) is 6. The van der Waals surface area contributed by atoms with Gasteiger partial charge in [-0.15, -0.1) is 10.2 Å². The van der Waals surface area contributed by atoms with E-state index in [1.807, 2.05) is 42.5 Å². The predicted molar refractivity (Wildman–Crippen MR) is 121 cm³/mol. The molecule has 164 valence electrons. The lowest BCUT2D eigenvalue weighted by Crippen LogP contribution is -2.35. The van der Waals surface area contributed by atoms with Gasteiger partial charge >= 0.3 is 0 Å². The van der Waals surface area contributed by atoms with Crippen molar-refractivity contribution in [2.45, 2.75) is 32.5 Å². The molecule has 9 heteroatoms. The largest absolute Gasteiger partial charge is 0.424 e. The van der Waals surface area contributed by atoms with E-state index in [9.17, 15) is 4.79 Å². The molecule has 0 fully saturated rings. The minimum atomic E-state index is -0.209. The van der Waals surface area contributed by atoms with Gasteiger partial charge in [-0.25, -0.2) is 9.67 Å². The molecule has 0 saturated carbocycles. The van der Waals surface area contributed by atoms with Crippen LogP contribution in [0.5, 0.6) is 0 Å². The lowest BCUT2D eigenvalue weighted by molar-refractivity contribution is 0.134. The summed E-state index contributed by atoms with van der Waals surface area (Å²) in [6.45, 7) is 2.89. The molecule has 0 bridgehead atoms. The number of H-pyrrole nitrogens is 1. The molecule has 5 aromatic rings. The highest BCUT2D eigenvalue weighted by Gasteiger charge is 2.31. The molecule has 4 heterocycles. The van der Waals surface area contributed by atoms with Crippen molar-refractivity contribution in [3.8, 4) is 5.69 Å². The van der Waals surface area contributed by atoms with Gasteiger partial charge in [0.1, 0.15) is 11.2 Å². The van der Waals surface area contributed by atoms with E-state index in [1.165, 1.54) is 11.1 Å². The maximum atomic E-state index is 12.8. The molecule has 1 unspecified atom stereocenters. The monoisotopic (exact) mass is 439 g/mol. The van der Waals surface area contributed by atoms with Gasteiger partial charge in [0.2, 0.25) is 11.8 Å². The molecule has 1 aliphatic rings. The van der Waals surface area contributed by atoms with Crippen LogP contribution in [0.1, 0.15) is 34.8 Å². The molecular weight excluding hydrogens is 418 g/mol. The van der Waals surface area contributed by atoms with Gasteiger partial charge in [0.25, 0.3) is 5.56 Å². The van der Waals surface area contributed by atoms with E-state index in [4.69, 9.17) is 9.40 Å². The Kier molecular flexibility index (Phi) is 4.62. The molecule has 0 amide bonds. The SMILES string of the molecule is Cc1nnc(C2Cc3ccccc3CN2Cc2nc3c(cnn3-c3ccccc3)c(=O)[nH]2)o1. The van der Waals surface area contributed by atoms with Crippen molar-refractivity contribution < 1.29 is 4.42 Å². The third-order valence-electron chi connectivity index (χ3n) is 6.01. The summed E-state index contributed by atoms with van der Waals surface area (Å²) < 4.78 is 7.49. The number of hydrogen-bond donors (Lipinski definition) is 1. The first-order chi connectivity index (χ1) is 16.2. The van der Waals surface area contributed by atoms with Gasteiger partial charge in [-0.1, -0.05) is 42.5 Å². The number of nitrogens with one attached hydrogen (secondary N) is 1. The molecule has 0 aliphatic carbocycles. The molecule has 1 atom stereocenters. The fourth-order valence-corrected chi connectivity index (χ4v) is 4.42. The van der Waals surface area contributed by atoms with Crippen LogP contribution in [0.25, 0.3) is 16.7 Å². The molecule has 3 aromatic heterocycles. The first kappa shape index (κ1) is 19.6. The lowest BCUT2D eigenvalue weighted by Gasteiger charge is -2.34. The summed E-state index contributed by atoms with van der Waals surface area (Å²) >= 11 is 0. The highest BCUT2D eigenvalue weighted by molar-refractivity contribution is 5.75. The van der Waals surface area contributed by atoms with Gasteiger partial charge in [0.05, 0.1) is 24.5 Å². The first-order valence-corrected chi connectivity index (χ1v) is 10.8. The third kappa shape index (κ3) is 3.52. The Hall–Kier alpha value is -4.11. The number of para-hydroxylation sites is 1. The van der Waals surface area contributed by atoms with E-state index in [0.29, 0.717) is 41.7 Å². The summed E-state index contributed by atoms with van der Waals surface area (Å²) in [5, 5.41) is 13.2. The normalized spacial score (nSPS) is 16.2. The number of aryl methyl sites for hydroxylation is 1.